The van der Waals surface area contributed by atoms with Crippen LogP contribution in [0.25, 0.3) is 0 Å². The van der Waals surface area contributed by atoms with Gasteiger partial charge in [0.25, 0.3) is 11.5 Å². The molecule has 12 heteroatoms. The van der Waals surface area contributed by atoms with Crippen LogP contribution in [-0.4, -0.2) is 51.6 Å². The second-order valence-electron chi connectivity index (χ2n) is 10.4. The number of pyridine rings is 1. The van der Waals surface area contributed by atoms with Crippen molar-refractivity contribution in [2.24, 2.45) is 5.92 Å². The second-order valence-corrected chi connectivity index (χ2v) is 10.4. The lowest BCUT2D eigenvalue weighted by Crippen LogP contribution is -2.43. The van der Waals surface area contributed by atoms with Gasteiger partial charge in [0.15, 0.2) is 5.69 Å². The molecule has 0 saturated carbocycles. The lowest BCUT2D eigenvalue weighted by Gasteiger charge is -2.23. The zero-order valence-corrected chi connectivity index (χ0v) is 22.8. The van der Waals surface area contributed by atoms with Crippen molar-refractivity contribution >= 4 is 29.4 Å². The van der Waals surface area contributed by atoms with Crippen LogP contribution in [0.4, 0.5) is 5.69 Å². The first-order chi connectivity index (χ1) is 18.4. The highest BCUT2D eigenvalue weighted by molar-refractivity contribution is 6.02. The third-order valence-corrected chi connectivity index (χ3v) is 6.01. The summed E-state index contributed by atoms with van der Waals surface area (Å²) in [5, 5.41) is 11.8. The van der Waals surface area contributed by atoms with Gasteiger partial charge in [-0.15, -0.1) is 0 Å². The van der Waals surface area contributed by atoms with Gasteiger partial charge in [0, 0.05) is 36.8 Å². The number of hydrogen-bond donors (Lipinski definition) is 3. The van der Waals surface area contributed by atoms with Gasteiger partial charge in [-0.1, -0.05) is 18.2 Å². The van der Waals surface area contributed by atoms with Crippen LogP contribution in [0.2, 0.25) is 0 Å². The number of nitrogens with one attached hydrogen (secondary N) is 3. The molecule has 0 spiro atoms. The van der Waals surface area contributed by atoms with Crippen molar-refractivity contribution in [1.29, 1.82) is 0 Å². The SMILES string of the molecule is CC[C@@H](C(=O)N[C@H](/C=C/C(=O)OC(C)(C)C)C[C@@H]1CCNC1=O)n1cccc(NC(=O)c2cc(C)on2)c1=O. The highest BCUT2D eigenvalue weighted by Gasteiger charge is 2.29. The Morgan fingerprint density at radius 3 is 2.64 bits per heavy atom. The first kappa shape index (κ1) is 29.3. The molecule has 2 aromatic heterocycles. The summed E-state index contributed by atoms with van der Waals surface area (Å²) >= 11 is 0. The van der Waals surface area contributed by atoms with E-state index in [-0.39, 0.29) is 36.0 Å². The Balaban J connectivity index is 1.79. The maximum atomic E-state index is 13.4. The number of ether oxygens (including phenoxy) is 1. The minimum absolute atomic E-state index is 0.0163. The smallest absolute Gasteiger partial charge is 0.331 e. The predicted molar refractivity (Wildman–Crippen MR) is 142 cm³/mol. The average Bonchev–Trinajstić information content (AvgIpc) is 3.47. The van der Waals surface area contributed by atoms with E-state index in [9.17, 15) is 24.0 Å². The number of nitrogens with zero attached hydrogens (tertiary/aromatic N) is 2. The van der Waals surface area contributed by atoms with Crippen LogP contribution in [0, 0.1) is 12.8 Å². The molecule has 12 nitrogen and oxygen atoms in total. The third-order valence-electron chi connectivity index (χ3n) is 6.01. The zero-order chi connectivity index (χ0) is 28.7. The Labute approximate surface area is 226 Å². The van der Waals surface area contributed by atoms with Crippen molar-refractivity contribution in [2.75, 3.05) is 11.9 Å². The number of rotatable bonds is 10. The van der Waals surface area contributed by atoms with E-state index >= 15 is 0 Å². The topological polar surface area (TPSA) is 162 Å². The van der Waals surface area contributed by atoms with Gasteiger partial charge >= 0.3 is 5.97 Å². The Bertz CT molecular complexity index is 1300. The largest absolute Gasteiger partial charge is 0.457 e. The van der Waals surface area contributed by atoms with E-state index in [2.05, 4.69) is 21.1 Å². The Kier molecular flexibility index (Phi) is 9.44. The maximum absolute atomic E-state index is 13.4. The summed E-state index contributed by atoms with van der Waals surface area (Å²) in [5.74, 6) is -1.69. The number of amides is 3. The summed E-state index contributed by atoms with van der Waals surface area (Å²) in [7, 11) is 0. The molecule has 1 aliphatic rings. The van der Waals surface area contributed by atoms with E-state index in [4.69, 9.17) is 9.26 Å². The summed E-state index contributed by atoms with van der Waals surface area (Å²) in [6, 6.07) is 2.83. The van der Waals surface area contributed by atoms with Crippen molar-refractivity contribution in [3.05, 3.63) is 58.4 Å². The minimum atomic E-state index is -0.918. The normalized spacial score (nSPS) is 16.9. The average molecular weight is 542 g/mol. The minimum Gasteiger partial charge on any atom is -0.457 e. The molecule has 0 aliphatic carbocycles. The Morgan fingerprint density at radius 2 is 2.05 bits per heavy atom. The van der Waals surface area contributed by atoms with Gasteiger partial charge in [0.1, 0.15) is 23.1 Å². The van der Waals surface area contributed by atoms with E-state index in [1.807, 2.05) is 0 Å². The fourth-order valence-electron chi connectivity index (χ4n) is 4.19. The second kappa shape index (κ2) is 12.5. The number of aryl methyl sites for hydroxylation is 1. The highest BCUT2D eigenvalue weighted by Crippen LogP contribution is 2.19. The fourth-order valence-corrected chi connectivity index (χ4v) is 4.19. The number of aromatic nitrogens is 2. The predicted octanol–water partition coefficient (Wildman–Crippen LogP) is 2.26. The van der Waals surface area contributed by atoms with E-state index < -0.39 is 41.0 Å². The number of anilines is 1. The molecule has 0 unspecified atom stereocenters. The number of esters is 1. The molecule has 3 heterocycles. The zero-order valence-electron chi connectivity index (χ0n) is 22.8. The molecule has 1 saturated heterocycles. The van der Waals surface area contributed by atoms with Crippen molar-refractivity contribution in [3.63, 3.8) is 0 Å². The van der Waals surface area contributed by atoms with Crippen LogP contribution in [0.15, 0.2) is 45.9 Å². The quantitative estimate of drug-likeness (QED) is 0.305. The summed E-state index contributed by atoms with van der Waals surface area (Å²) in [5.41, 5.74) is -1.28. The highest BCUT2D eigenvalue weighted by atomic mass is 16.6. The molecule has 39 heavy (non-hydrogen) atoms. The van der Waals surface area contributed by atoms with Gasteiger partial charge < -0.3 is 29.8 Å². The van der Waals surface area contributed by atoms with E-state index in [1.165, 1.54) is 35.0 Å². The van der Waals surface area contributed by atoms with Gasteiger partial charge in [-0.3, -0.25) is 19.2 Å². The van der Waals surface area contributed by atoms with Crippen LogP contribution in [0.1, 0.15) is 69.2 Å². The van der Waals surface area contributed by atoms with Gasteiger partial charge in [0.2, 0.25) is 11.8 Å². The van der Waals surface area contributed by atoms with Gasteiger partial charge in [-0.25, -0.2) is 4.79 Å². The fraction of sp³-hybridized carbons (Fsp3) is 0.481. The number of carbonyl (C=O) groups is 4. The molecule has 0 radical (unpaired) electrons. The third kappa shape index (κ3) is 8.13. The Morgan fingerprint density at radius 1 is 1.31 bits per heavy atom. The molecule has 2 aromatic rings. The van der Waals surface area contributed by atoms with Crippen LogP contribution < -0.4 is 21.5 Å². The van der Waals surface area contributed by atoms with Crippen molar-refractivity contribution in [2.45, 2.75) is 71.6 Å². The van der Waals surface area contributed by atoms with Crippen LogP contribution in [0.3, 0.4) is 0 Å². The van der Waals surface area contributed by atoms with E-state index in [1.54, 1.807) is 40.7 Å². The van der Waals surface area contributed by atoms with Crippen LogP contribution in [0.5, 0.6) is 0 Å². The maximum Gasteiger partial charge on any atom is 0.331 e. The lowest BCUT2D eigenvalue weighted by atomic mass is 9.97. The number of hydrogen-bond acceptors (Lipinski definition) is 8. The van der Waals surface area contributed by atoms with Gasteiger partial charge in [-0.2, -0.15) is 0 Å². The summed E-state index contributed by atoms with van der Waals surface area (Å²) in [6.07, 6.45) is 5.34. The first-order valence-corrected chi connectivity index (χ1v) is 12.8. The summed E-state index contributed by atoms with van der Waals surface area (Å²) in [6.45, 7) is 9.16. The van der Waals surface area contributed by atoms with Crippen LogP contribution in [-0.2, 0) is 19.1 Å². The molecular weight excluding hydrogens is 506 g/mol. The van der Waals surface area contributed by atoms with E-state index in [0.717, 1.165) is 0 Å². The molecule has 0 bridgehead atoms. The molecular formula is C27H35N5O7. The Hall–Kier alpha value is -4.22. The summed E-state index contributed by atoms with van der Waals surface area (Å²) in [4.78, 5) is 63.5. The molecule has 1 fully saturated rings. The molecule has 1 aliphatic heterocycles. The van der Waals surface area contributed by atoms with Crippen LogP contribution >= 0.6 is 0 Å². The molecule has 3 amide bonds. The monoisotopic (exact) mass is 541 g/mol. The standard InChI is InChI=1S/C27H35N5O7/c1-6-21(32-13-7-8-19(26(32)37)30-24(35)20-14-16(2)39-31-20)25(36)29-18(15-17-11-12-28-23(17)34)9-10-22(33)38-27(3,4)5/h7-10,13-14,17-18,21H,6,11-12,15H2,1-5H3,(H,28,34)(H,29,36)(H,30,35)/b10-9+/t17-,18+,21-/m0/s1. The molecule has 3 rings (SSSR count). The first-order valence-electron chi connectivity index (χ1n) is 12.8. The van der Waals surface area contributed by atoms with Crippen molar-refractivity contribution in [3.8, 4) is 0 Å². The number of carbonyl (C=O) groups excluding carboxylic acids is 4. The van der Waals surface area contributed by atoms with Gasteiger partial charge in [-0.05, 0) is 59.1 Å². The van der Waals surface area contributed by atoms with Crippen molar-refractivity contribution in [1.82, 2.24) is 20.4 Å². The molecule has 210 valence electrons. The summed E-state index contributed by atoms with van der Waals surface area (Å²) < 4.78 is 11.4. The molecule has 3 N–H and O–H groups in total. The van der Waals surface area contributed by atoms with E-state index in [0.29, 0.717) is 18.7 Å². The molecule has 3 atom stereocenters. The molecule has 0 aromatic carbocycles. The lowest BCUT2D eigenvalue weighted by molar-refractivity contribution is -0.148. The van der Waals surface area contributed by atoms with Gasteiger partial charge in [0.05, 0.1) is 0 Å². The van der Waals surface area contributed by atoms with Crippen molar-refractivity contribution < 1.29 is 28.4 Å².